The summed E-state index contributed by atoms with van der Waals surface area (Å²) in [5, 5.41) is 4.45. The van der Waals surface area contributed by atoms with Crippen LogP contribution in [0.2, 0.25) is 10.0 Å². The third-order valence-electron chi connectivity index (χ3n) is 1.80. The molecule has 0 bridgehead atoms. The molecule has 94 valence electrons. The Bertz CT molecular complexity index is 416. The Balaban J connectivity index is 2.83. The minimum Gasteiger partial charge on any atom is -0.468 e. The predicted molar refractivity (Wildman–Crippen MR) is 71.2 cm³/mol. The number of rotatable bonds is 5. The fraction of sp³-hybridized carbons (Fsp3) is 0.400. The largest absolute Gasteiger partial charge is 0.468 e. The van der Waals surface area contributed by atoms with E-state index < -0.39 is 0 Å². The van der Waals surface area contributed by atoms with E-state index in [-0.39, 0.29) is 11.7 Å². The van der Waals surface area contributed by atoms with Gasteiger partial charge in [0.05, 0.1) is 22.9 Å². The zero-order valence-corrected chi connectivity index (χ0v) is 11.7. The first-order valence-corrected chi connectivity index (χ1v) is 6.62. The van der Waals surface area contributed by atoms with Crippen LogP contribution in [0.15, 0.2) is 11.1 Å². The van der Waals surface area contributed by atoms with E-state index in [1.54, 1.807) is 6.07 Å². The van der Waals surface area contributed by atoms with Crippen molar-refractivity contribution in [1.29, 1.82) is 0 Å². The number of aromatic nitrogens is 1. The predicted octanol–water partition coefficient (Wildman–Crippen LogP) is 3.09. The van der Waals surface area contributed by atoms with Gasteiger partial charge in [0.15, 0.2) is 0 Å². The fourth-order valence-corrected chi connectivity index (χ4v) is 2.34. The molecule has 0 spiro atoms. The highest BCUT2D eigenvalue weighted by atomic mass is 35.5. The van der Waals surface area contributed by atoms with Gasteiger partial charge >= 0.3 is 5.97 Å². The van der Waals surface area contributed by atoms with Crippen molar-refractivity contribution in [2.75, 3.05) is 24.7 Å². The van der Waals surface area contributed by atoms with Gasteiger partial charge in [-0.25, -0.2) is 4.98 Å². The van der Waals surface area contributed by atoms with Crippen molar-refractivity contribution in [2.45, 2.75) is 11.9 Å². The van der Waals surface area contributed by atoms with Gasteiger partial charge in [0.25, 0.3) is 0 Å². The lowest BCUT2D eigenvalue weighted by atomic mass is 10.4. The summed E-state index contributed by atoms with van der Waals surface area (Å²) in [6, 6.07) is 1.60. The highest BCUT2D eigenvalue weighted by Crippen LogP contribution is 2.31. The summed E-state index contributed by atoms with van der Waals surface area (Å²) in [7, 11) is 1.34. The van der Waals surface area contributed by atoms with Gasteiger partial charge in [-0.3, -0.25) is 4.79 Å². The van der Waals surface area contributed by atoms with Crippen LogP contribution in [-0.4, -0.2) is 30.4 Å². The smallest absolute Gasteiger partial charge is 0.316 e. The number of anilines is 1. The molecule has 0 radical (unpaired) electrons. The van der Waals surface area contributed by atoms with Gasteiger partial charge in [-0.15, -0.1) is 0 Å². The van der Waals surface area contributed by atoms with Crippen LogP contribution >= 0.6 is 35.0 Å². The lowest BCUT2D eigenvalue weighted by molar-refractivity contribution is -0.137. The van der Waals surface area contributed by atoms with E-state index in [2.05, 4.69) is 15.0 Å². The minimum atomic E-state index is -0.326. The molecular formula is C10H12Cl2N2O2S. The van der Waals surface area contributed by atoms with Crippen LogP contribution in [0.3, 0.4) is 0 Å². The van der Waals surface area contributed by atoms with Gasteiger partial charge in [0, 0.05) is 6.54 Å². The van der Waals surface area contributed by atoms with Crippen molar-refractivity contribution in [1.82, 2.24) is 4.98 Å². The number of nitrogens with zero attached hydrogens (tertiary/aromatic N) is 1. The molecule has 0 saturated carbocycles. The molecule has 1 N–H and O–H groups in total. The zero-order chi connectivity index (χ0) is 12.8. The molecule has 1 rings (SSSR count). The molecule has 0 aliphatic rings. The molecule has 1 aromatic heterocycles. The first-order chi connectivity index (χ1) is 8.08. The van der Waals surface area contributed by atoms with Crippen molar-refractivity contribution in [2.24, 2.45) is 0 Å². The summed E-state index contributed by atoms with van der Waals surface area (Å²) in [6.45, 7) is 2.64. The molecule has 17 heavy (non-hydrogen) atoms. The zero-order valence-electron chi connectivity index (χ0n) is 9.42. The van der Waals surface area contributed by atoms with Crippen LogP contribution < -0.4 is 5.32 Å². The van der Waals surface area contributed by atoms with Crippen molar-refractivity contribution in [3.8, 4) is 0 Å². The number of methoxy groups -OCH3 is 1. The Hall–Kier alpha value is -0.650. The summed E-state index contributed by atoms with van der Waals surface area (Å²) in [6.07, 6.45) is 0. The molecule has 0 aliphatic carbocycles. The monoisotopic (exact) mass is 294 g/mol. The van der Waals surface area contributed by atoms with Crippen LogP contribution in [0.5, 0.6) is 0 Å². The van der Waals surface area contributed by atoms with E-state index >= 15 is 0 Å². The van der Waals surface area contributed by atoms with E-state index in [1.165, 1.54) is 18.9 Å². The highest BCUT2D eigenvalue weighted by Gasteiger charge is 2.11. The summed E-state index contributed by atoms with van der Waals surface area (Å²) in [5.41, 5.74) is 0. The number of esters is 1. The van der Waals surface area contributed by atoms with Crippen LogP contribution in [0, 0.1) is 0 Å². The number of hydrogen-bond acceptors (Lipinski definition) is 5. The Labute approximate surface area is 114 Å². The van der Waals surface area contributed by atoms with Crippen LogP contribution in [-0.2, 0) is 9.53 Å². The van der Waals surface area contributed by atoms with Crippen molar-refractivity contribution in [3.63, 3.8) is 0 Å². The standard InChI is InChI=1S/C10H12Cl2N2O2S/c1-3-13-9-6(11)4-7(12)10(14-9)17-5-8(15)16-2/h4H,3,5H2,1-2H3,(H,13,14). The Kier molecular flexibility index (Phi) is 5.88. The number of hydrogen-bond donors (Lipinski definition) is 1. The van der Waals surface area contributed by atoms with E-state index in [4.69, 9.17) is 23.2 Å². The summed E-state index contributed by atoms with van der Waals surface area (Å²) in [5.74, 6) is 0.398. The van der Waals surface area contributed by atoms with E-state index in [0.717, 1.165) is 0 Å². The number of nitrogens with one attached hydrogen (secondary N) is 1. The molecule has 4 nitrogen and oxygen atoms in total. The summed E-state index contributed by atoms with van der Waals surface area (Å²) >= 11 is 13.2. The lowest BCUT2D eigenvalue weighted by Crippen LogP contribution is -2.05. The number of carbonyl (C=O) groups excluding carboxylic acids is 1. The van der Waals surface area contributed by atoms with Crippen molar-refractivity contribution < 1.29 is 9.53 Å². The number of pyridine rings is 1. The number of ether oxygens (including phenoxy) is 1. The average molecular weight is 295 g/mol. The molecule has 1 aromatic rings. The highest BCUT2D eigenvalue weighted by molar-refractivity contribution is 8.00. The normalized spacial score (nSPS) is 10.1. The van der Waals surface area contributed by atoms with E-state index in [9.17, 15) is 4.79 Å². The first-order valence-electron chi connectivity index (χ1n) is 4.88. The van der Waals surface area contributed by atoms with Crippen molar-refractivity contribution in [3.05, 3.63) is 16.1 Å². The molecule has 0 fully saturated rings. The second kappa shape index (κ2) is 6.93. The van der Waals surface area contributed by atoms with Crippen molar-refractivity contribution >= 4 is 46.8 Å². The number of thioether (sulfide) groups is 1. The molecule has 7 heteroatoms. The van der Waals surface area contributed by atoms with Gasteiger partial charge in [-0.05, 0) is 13.0 Å². The van der Waals surface area contributed by atoms with Crippen LogP contribution in [0.4, 0.5) is 5.82 Å². The Morgan fingerprint density at radius 2 is 2.24 bits per heavy atom. The van der Waals surface area contributed by atoms with Gasteiger partial charge in [-0.1, -0.05) is 35.0 Å². The quantitative estimate of drug-likeness (QED) is 0.668. The van der Waals surface area contributed by atoms with Gasteiger partial charge < -0.3 is 10.1 Å². The third kappa shape index (κ3) is 4.26. The second-order valence-electron chi connectivity index (χ2n) is 3.00. The van der Waals surface area contributed by atoms with Gasteiger partial charge in [-0.2, -0.15) is 0 Å². The Morgan fingerprint density at radius 3 is 2.82 bits per heavy atom. The summed E-state index contributed by atoms with van der Waals surface area (Å²) < 4.78 is 4.54. The second-order valence-corrected chi connectivity index (χ2v) is 4.78. The number of halogens is 2. The Morgan fingerprint density at radius 1 is 1.53 bits per heavy atom. The van der Waals surface area contributed by atoms with E-state index in [1.807, 2.05) is 6.92 Å². The molecular weight excluding hydrogens is 283 g/mol. The first kappa shape index (κ1) is 14.4. The maximum absolute atomic E-state index is 11.0. The molecule has 0 aromatic carbocycles. The van der Waals surface area contributed by atoms with Crippen LogP contribution in [0.1, 0.15) is 6.92 Å². The SMILES string of the molecule is CCNc1nc(SCC(=O)OC)c(Cl)cc1Cl. The summed E-state index contributed by atoms with van der Waals surface area (Å²) in [4.78, 5) is 15.3. The lowest BCUT2D eigenvalue weighted by Gasteiger charge is -2.08. The van der Waals surface area contributed by atoms with Crippen LogP contribution in [0.25, 0.3) is 0 Å². The van der Waals surface area contributed by atoms with E-state index in [0.29, 0.717) is 27.4 Å². The third-order valence-corrected chi connectivity index (χ3v) is 3.45. The molecule has 0 unspecified atom stereocenters. The molecule has 0 aliphatic heterocycles. The van der Waals surface area contributed by atoms with Gasteiger partial charge in [0.2, 0.25) is 0 Å². The van der Waals surface area contributed by atoms with Gasteiger partial charge in [0.1, 0.15) is 10.8 Å². The number of carbonyl (C=O) groups is 1. The molecule has 1 heterocycles. The maximum atomic E-state index is 11.0. The topological polar surface area (TPSA) is 51.2 Å². The maximum Gasteiger partial charge on any atom is 0.316 e. The molecule has 0 atom stereocenters. The fourth-order valence-electron chi connectivity index (χ4n) is 1.03. The average Bonchev–Trinajstić information content (AvgIpc) is 2.30. The minimum absolute atomic E-state index is 0.163. The molecule has 0 amide bonds. The molecule has 0 saturated heterocycles.